The SMILES string of the molecule is C[SiH2]C#Cc1ccc2nc(Nc3cc(OCCNC(=O)[C@@H](C)NC(=O)OC(C)(C)C)cc(-c4cnn(C)c4)c3)ncc2c1. The van der Waals surface area contributed by atoms with Crippen molar-refractivity contribution in [3.63, 3.8) is 0 Å². The van der Waals surface area contributed by atoms with Crippen molar-refractivity contribution in [1.29, 1.82) is 0 Å². The highest BCUT2D eigenvalue weighted by Crippen LogP contribution is 2.30. The summed E-state index contributed by atoms with van der Waals surface area (Å²) in [5, 5.41) is 13.8. The molecule has 4 aromatic rings. The number of nitrogens with one attached hydrogen (secondary N) is 3. The molecule has 0 bridgehead atoms. The van der Waals surface area contributed by atoms with Crippen molar-refractivity contribution in [3.05, 3.63) is 60.6 Å². The number of hydrogen-bond acceptors (Lipinski definition) is 8. The Morgan fingerprint density at radius 3 is 2.65 bits per heavy atom. The van der Waals surface area contributed by atoms with Gasteiger partial charge in [0, 0.05) is 47.7 Å². The maximum absolute atomic E-state index is 12.4. The van der Waals surface area contributed by atoms with Gasteiger partial charge >= 0.3 is 6.09 Å². The zero-order valence-corrected chi connectivity index (χ0v) is 26.7. The molecule has 2 amide bonds. The van der Waals surface area contributed by atoms with Crippen LogP contribution in [-0.2, 0) is 16.6 Å². The fourth-order valence-electron chi connectivity index (χ4n) is 4.03. The molecule has 1 atom stereocenters. The topological polar surface area (TPSA) is 132 Å². The molecular weight excluding hydrogens is 562 g/mol. The molecule has 11 nitrogen and oxygen atoms in total. The molecule has 0 radical (unpaired) electrons. The summed E-state index contributed by atoms with van der Waals surface area (Å²) in [6, 6.07) is 10.9. The molecule has 0 spiro atoms. The van der Waals surface area contributed by atoms with E-state index in [4.69, 9.17) is 9.47 Å². The lowest BCUT2D eigenvalue weighted by Gasteiger charge is -2.21. The van der Waals surface area contributed by atoms with E-state index in [1.54, 1.807) is 44.8 Å². The third-order valence-electron chi connectivity index (χ3n) is 5.99. The highest BCUT2D eigenvalue weighted by atomic mass is 28.2. The van der Waals surface area contributed by atoms with Gasteiger partial charge in [0.1, 0.15) is 33.5 Å². The Balaban J connectivity index is 1.43. The molecule has 4 rings (SSSR count). The minimum Gasteiger partial charge on any atom is -0.492 e. The molecule has 0 unspecified atom stereocenters. The second-order valence-corrected chi connectivity index (χ2v) is 12.0. The Morgan fingerprint density at radius 1 is 1.12 bits per heavy atom. The van der Waals surface area contributed by atoms with Crippen LogP contribution >= 0.6 is 0 Å². The lowest BCUT2D eigenvalue weighted by Crippen LogP contribution is -2.47. The van der Waals surface area contributed by atoms with Gasteiger partial charge in [-0.2, -0.15) is 5.10 Å². The number of benzene rings is 2. The fraction of sp³-hybridized carbons (Fsp3) is 0.323. The minimum atomic E-state index is -0.765. The third kappa shape index (κ3) is 9.31. The summed E-state index contributed by atoms with van der Waals surface area (Å²) in [7, 11) is 1.53. The Hall–Kier alpha value is -4.89. The average molecular weight is 600 g/mol. The predicted molar refractivity (Wildman–Crippen MR) is 170 cm³/mol. The largest absolute Gasteiger partial charge is 0.492 e. The number of alkyl carbamates (subject to hydrolysis) is 1. The number of amides is 2. The van der Waals surface area contributed by atoms with Crippen molar-refractivity contribution in [1.82, 2.24) is 30.4 Å². The van der Waals surface area contributed by atoms with Crippen molar-refractivity contribution in [2.75, 3.05) is 18.5 Å². The van der Waals surface area contributed by atoms with Crippen LogP contribution in [0.25, 0.3) is 22.0 Å². The number of anilines is 2. The number of rotatable bonds is 9. The van der Waals surface area contributed by atoms with Crippen LogP contribution in [0.2, 0.25) is 6.55 Å². The Kier molecular flexibility index (Phi) is 10.00. The van der Waals surface area contributed by atoms with Crippen LogP contribution in [-0.4, -0.2) is 66.1 Å². The number of aryl methyl sites for hydroxylation is 1. The van der Waals surface area contributed by atoms with Crippen molar-refractivity contribution in [2.45, 2.75) is 45.9 Å². The van der Waals surface area contributed by atoms with Crippen LogP contribution < -0.4 is 20.7 Å². The predicted octanol–water partition coefficient (Wildman–Crippen LogP) is 3.71. The molecule has 3 N–H and O–H groups in total. The second kappa shape index (κ2) is 13.8. The van der Waals surface area contributed by atoms with Gasteiger partial charge in [0.15, 0.2) is 0 Å². The first-order valence-corrected chi connectivity index (χ1v) is 16.2. The van der Waals surface area contributed by atoms with Crippen molar-refractivity contribution >= 4 is 44.1 Å². The van der Waals surface area contributed by atoms with E-state index >= 15 is 0 Å². The smallest absolute Gasteiger partial charge is 0.408 e. The number of fused-ring (bicyclic) bond motifs is 1. The van der Waals surface area contributed by atoms with Gasteiger partial charge in [-0.3, -0.25) is 9.48 Å². The highest BCUT2D eigenvalue weighted by Gasteiger charge is 2.20. The van der Waals surface area contributed by atoms with E-state index in [-0.39, 0.29) is 28.6 Å². The van der Waals surface area contributed by atoms with Gasteiger partial charge in [-0.05, 0) is 63.6 Å². The molecule has 2 heterocycles. The molecule has 0 saturated carbocycles. The van der Waals surface area contributed by atoms with E-state index in [2.05, 4.69) is 49.0 Å². The summed E-state index contributed by atoms with van der Waals surface area (Å²) in [5.41, 5.74) is 6.86. The zero-order chi connectivity index (χ0) is 31.0. The number of aromatic nitrogens is 4. The lowest BCUT2D eigenvalue weighted by molar-refractivity contribution is -0.122. The first-order chi connectivity index (χ1) is 20.5. The first kappa shape index (κ1) is 31.1. The second-order valence-electron chi connectivity index (χ2n) is 10.9. The molecule has 0 aliphatic heterocycles. The Labute approximate surface area is 253 Å². The fourth-order valence-corrected chi connectivity index (χ4v) is 4.41. The molecular formula is C31H37N7O4Si. The molecule has 0 fully saturated rings. The van der Waals surface area contributed by atoms with Crippen molar-refractivity contribution in [3.8, 4) is 28.3 Å². The van der Waals surface area contributed by atoms with E-state index in [9.17, 15) is 9.59 Å². The maximum Gasteiger partial charge on any atom is 0.408 e. The quantitative estimate of drug-likeness (QED) is 0.151. The van der Waals surface area contributed by atoms with E-state index in [0.717, 1.165) is 33.3 Å². The Morgan fingerprint density at radius 2 is 1.93 bits per heavy atom. The summed E-state index contributed by atoms with van der Waals surface area (Å²) in [4.78, 5) is 33.6. The zero-order valence-electron chi connectivity index (χ0n) is 25.3. The standard InChI is InChI=1S/C31H37N7O4Si/c1-20(35-30(40)42-31(2,3)4)28(39)32-10-11-41-26-15-22(24-18-34-38(5)19-24)14-25(16-26)36-29-33-17-23-13-21(9-12-43-6)7-8-27(23)37-29/h7-8,13-20H,10-11,43H2,1-6H3,(H,32,39)(H,35,40)(H,33,36,37)/t20-/m1/s1. The molecule has 224 valence electrons. The lowest BCUT2D eigenvalue weighted by atomic mass is 10.1. The van der Waals surface area contributed by atoms with Crippen LogP contribution in [0.15, 0.2) is 55.0 Å². The molecule has 12 heteroatoms. The molecule has 0 aliphatic carbocycles. The van der Waals surface area contributed by atoms with Crippen LogP contribution in [0.1, 0.15) is 33.3 Å². The average Bonchev–Trinajstić information content (AvgIpc) is 3.39. The number of carbonyl (C=O) groups excluding carboxylic acids is 2. The number of hydrogen-bond donors (Lipinski definition) is 3. The highest BCUT2D eigenvalue weighted by molar-refractivity contribution is 6.44. The number of carbonyl (C=O) groups is 2. The van der Waals surface area contributed by atoms with Crippen molar-refractivity contribution in [2.24, 2.45) is 7.05 Å². The molecule has 0 aliphatic rings. The summed E-state index contributed by atoms with van der Waals surface area (Å²) in [5.74, 6) is 3.88. The normalized spacial score (nSPS) is 12.0. The van der Waals surface area contributed by atoms with E-state index < -0.39 is 17.7 Å². The van der Waals surface area contributed by atoms with Gasteiger partial charge in [0.25, 0.3) is 0 Å². The van der Waals surface area contributed by atoms with Gasteiger partial charge in [-0.1, -0.05) is 12.5 Å². The first-order valence-electron chi connectivity index (χ1n) is 14.1. The van der Waals surface area contributed by atoms with E-state index in [0.29, 0.717) is 11.7 Å². The van der Waals surface area contributed by atoms with Gasteiger partial charge in [0.2, 0.25) is 11.9 Å². The third-order valence-corrected chi connectivity index (χ3v) is 6.52. The Bertz CT molecular complexity index is 1670. The summed E-state index contributed by atoms with van der Waals surface area (Å²) < 4.78 is 12.9. The van der Waals surface area contributed by atoms with Crippen LogP contribution in [0.4, 0.5) is 16.4 Å². The van der Waals surface area contributed by atoms with Gasteiger partial charge in [-0.25, -0.2) is 14.8 Å². The number of nitrogens with zero attached hydrogens (tertiary/aromatic N) is 4. The minimum absolute atomic E-state index is 0.207. The summed E-state index contributed by atoms with van der Waals surface area (Å²) in [6.07, 6.45) is 4.82. The maximum atomic E-state index is 12.4. The van der Waals surface area contributed by atoms with E-state index in [1.807, 2.05) is 49.6 Å². The summed E-state index contributed by atoms with van der Waals surface area (Å²) >= 11 is 0. The molecule has 2 aromatic carbocycles. The van der Waals surface area contributed by atoms with Gasteiger partial charge < -0.3 is 25.4 Å². The van der Waals surface area contributed by atoms with Crippen molar-refractivity contribution < 1.29 is 19.1 Å². The monoisotopic (exact) mass is 599 g/mol. The molecule has 0 saturated heterocycles. The van der Waals surface area contributed by atoms with Crippen LogP contribution in [0, 0.1) is 11.5 Å². The van der Waals surface area contributed by atoms with Crippen LogP contribution in [0.5, 0.6) is 5.75 Å². The van der Waals surface area contributed by atoms with E-state index in [1.165, 1.54) is 0 Å². The van der Waals surface area contributed by atoms with Crippen LogP contribution in [0.3, 0.4) is 0 Å². The van der Waals surface area contributed by atoms with Gasteiger partial charge in [-0.15, -0.1) is 5.54 Å². The summed E-state index contributed by atoms with van der Waals surface area (Å²) in [6.45, 7) is 9.46. The number of ether oxygens (including phenoxy) is 2. The van der Waals surface area contributed by atoms with Gasteiger partial charge in [0.05, 0.1) is 18.3 Å². The molecule has 2 aromatic heterocycles. The molecule has 43 heavy (non-hydrogen) atoms.